The largest absolute Gasteiger partial charge is 0.269 e. The van der Waals surface area contributed by atoms with Crippen LogP contribution in [-0.2, 0) is 15.4 Å². The van der Waals surface area contributed by atoms with Crippen LogP contribution in [0.1, 0.15) is 31.7 Å². The molecule has 1 aliphatic rings. The number of aromatic nitrogens is 3. The van der Waals surface area contributed by atoms with Crippen molar-refractivity contribution in [3.63, 3.8) is 0 Å². The van der Waals surface area contributed by atoms with Crippen LogP contribution in [0.4, 0.5) is 8.78 Å². The molecular formula is C18H16ClF2N3O2S. The molecule has 1 saturated carbocycles. The number of alkyl halides is 2. The number of hydrogen-bond acceptors (Lipinski definition) is 4. The maximum Gasteiger partial charge on any atom is 0.269 e. The molecule has 1 aromatic carbocycles. The number of rotatable bonds is 3. The van der Waals surface area contributed by atoms with Gasteiger partial charge >= 0.3 is 0 Å². The summed E-state index contributed by atoms with van der Waals surface area (Å²) in [7, 11) is -4.03. The van der Waals surface area contributed by atoms with Crippen molar-refractivity contribution in [2.24, 2.45) is 0 Å². The van der Waals surface area contributed by atoms with Gasteiger partial charge in [-0.3, -0.25) is 0 Å². The smallest absolute Gasteiger partial charge is 0.224 e. The summed E-state index contributed by atoms with van der Waals surface area (Å²) in [5.41, 5.74) is -1.39. The zero-order valence-corrected chi connectivity index (χ0v) is 15.9. The molecule has 0 spiro atoms. The molecule has 0 radical (unpaired) electrons. The first-order valence-electron chi connectivity index (χ1n) is 8.39. The van der Waals surface area contributed by atoms with Crippen molar-refractivity contribution in [2.45, 2.75) is 42.4 Å². The molecule has 1 atom stereocenters. The lowest BCUT2D eigenvalue weighted by Gasteiger charge is -2.31. The molecular weight excluding hydrogens is 396 g/mol. The molecule has 2 aromatic heterocycles. The van der Waals surface area contributed by atoms with E-state index < -0.39 is 21.4 Å². The highest BCUT2D eigenvalue weighted by Crippen LogP contribution is 2.54. The average molecular weight is 412 g/mol. The van der Waals surface area contributed by atoms with Crippen LogP contribution in [-0.4, -0.2) is 28.3 Å². The van der Waals surface area contributed by atoms with E-state index >= 15 is 0 Å². The summed E-state index contributed by atoms with van der Waals surface area (Å²) in [6.07, 6.45) is 2.66. The standard InChI is InChI=1S/C18H16ClF2N3O2S/c1-17(8-5-9-18(17,20)21)13-10-24(16-14(13)15(19)22-11-23-16)27(25,26)12-6-3-2-4-7-12/h2-4,6-7,10-11H,5,8-9H2,1H3. The Kier molecular flexibility index (Phi) is 4.05. The highest BCUT2D eigenvalue weighted by Gasteiger charge is 2.56. The average Bonchev–Trinajstić information content (AvgIpc) is 3.16. The van der Waals surface area contributed by atoms with Crippen LogP contribution in [0.15, 0.2) is 47.8 Å². The molecule has 27 heavy (non-hydrogen) atoms. The fourth-order valence-corrected chi connectivity index (χ4v) is 5.33. The van der Waals surface area contributed by atoms with Crippen molar-refractivity contribution in [3.8, 4) is 0 Å². The van der Waals surface area contributed by atoms with Gasteiger partial charge in [0.1, 0.15) is 11.5 Å². The number of fused-ring (bicyclic) bond motifs is 1. The molecule has 1 fully saturated rings. The van der Waals surface area contributed by atoms with E-state index in [1.165, 1.54) is 25.3 Å². The molecule has 1 aliphatic carbocycles. The Morgan fingerprint density at radius 2 is 1.85 bits per heavy atom. The minimum atomic E-state index is -4.03. The van der Waals surface area contributed by atoms with Gasteiger partial charge in [0, 0.05) is 12.6 Å². The third-order valence-corrected chi connectivity index (χ3v) is 7.33. The lowest BCUT2D eigenvalue weighted by atomic mass is 9.78. The van der Waals surface area contributed by atoms with Crippen LogP contribution in [0.3, 0.4) is 0 Å². The monoisotopic (exact) mass is 411 g/mol. The topological polar surface area (TPSA) is 64.8 Å². The zero-order chi connectivity index (χ0) is 19.4. The summed E-state index contributed by atoms with van der Waals surface area (Å²) in [4.78, 5) is 7.97. The van der Waals surface area contributed by atoms with Crippen molar-refractivity contribution in [3.05, 3.63) is 53.6 Å². The lowest BCUT2D eigenvalue weighted by molar-refractivity contribution is -0.0496. The van der Waals surface area contributed by atoms with Crippen LogP contribution < -0.4 is 0 Å². The minimum Gasteiger partial charge on any atom is -0.224 e. The third kappa shape index (κ3) is 2.57. The fraction of sp³-hybridized carbons (Fsp3) is 0.333. The summed E-state index contributed by atoms with van der Waals surface area (Å²) >= 11 is 6.20. The molecule has 0 amide bonds. The van der Waals surface area contributed by atoms with E-state index in [-0.39, 0.29) is 39.5 Å². The molecule has 3 aromatic rings. The van der Waals surface area contributed by atoms with E-state index in [2.05, 4.69) is 9.97 Å². The molecule has 1 unspecified atom stereocenters. The number of benzene rings is 1. The molecule has 5 nitrogen and oxygen atoms in total. The second kappa shape index (κ2) is 5.97. The van der Waals surface area contributed by atoms with Gasteiger partial charge in [-0.15, -0.1) is 0 Å². The molecule has 0 saturated heterocycles. The Labute approximate surface area is 160 Å². The van der Waals surface area contributed by atoms with Gasteiger partial charge < -0.3 is 0 Å². The van der Waals surface area contributed by atoms with Gasteiger partial charge in [-0.2, -0.15) is 0 Å². The summed E-state index contributed by atoms with van der Waals surface area (Å²) in [6.45, 7) is 1.44. The highest BCUT2D eigenvalue weighted by atomic mass is 35.5. The van der Waals surface area contributed by atoms with E-state index in [0.29, 0.717) is 6.42 Å². The van der Waals surface area contributed by atoms with Gasteiger partial charge in [0.25, 0.3) is 15.9 Å². The quantitative estimate of drug-likeness (QED) is 0.599. The van der Waals surface area contributed by atoms with Crippen molar-refractivity contribution in [1.29, 1.82) is 0 Å². The Hall–Kier alpha value is -2.06. The molecule has 2 heterocycles. The highest BCUT2D eigenvalue weighted by molar-refractivity contribution is 7.90. The van der Waals surface area contributed by atoms with Crippen LogP contribution in [0.25, 0.3) is 11.0 Å². The maximum atomic E-state index is 14.7. The van der Waals surface area contributed by atoms with Crippen molar-refractivity contribution < 1.29 is 17.2 Å². The minimum absolute atomic E-state index is 0.00206. The predicted octanol–water partition coefficient (Wildman–Crippen LogP) is 4.40. The molecule has 0 aliphatic heterocycles. The van der Waals surface area contributed by atoms with E-state index in [1.54, 1.807) is 18.2 Å². The molecule has 9 heteroatoms. The Morgan fingerprint density at radius 1 is 1.15 bits per heavy atom. The van der Waals surface area contributed by atoms with Gasteiger partial charge in [-0.05, 0) is 37.5 Å². The van der Waals surface area contributed by atoms with E-state index in [4.69, 9.17) is 11.6 Å². The van der Waals surface area contributed by atoms with Crippen LogP contribution in [0.2, 0.25) is 5.15 Å². The SMILES string of the molecule is CC1(c2cn(S(=O)(=O)c3ccccc3)c3ncnc(Cl)c23)CCCC1(F)F. The second-order valence-electron chi connectivity index (χ2n) is 6.91. The third-order valence-electron chi connectivity index (χ3n) is 5.37. The first-order valence-corrected chi connectivity index (χ1v) is 10.2. The first kappa shape index (κ1) is 18.3. The van der Waals surface area contributed by atoms with E-state index in [0.717, 1.165) is 10.3 Å². The van der Waals surface area contributed by atoms with E-state index in [9.17, 15) is 17.2 Å². The van der Waals surface area contributed by atoms with Gasteiger partial charge in [0.15, 0.2) is 5.65 Å². The molecule has 142 valence electrons. The van der Waals surface area contributed by atoms with Crippen LogP contribution in [0, 0.1) is 0 Å². The predicted molar refractivity (Wildman–Crippen MR) is 97.7 cm³/mol. The fourth-order valence-electron chi connectivity index (χ4n) is 3.76. The van der Waals surface area contributed by atoms with Gasteiger partial charge in [0.2, 0.25) is 0 Å². The first-order chi connectivity index (χ1) is 12.7. The summed E-state index contributed by atoms with van der Waals surface area (Å²) < 4.78 is 56.6. The zero-order valence-electron chi connectivity index (χ0n) is 14.4. The summed E-state index contributed by atoms with van der Waals surface area (Å²) in [5, 5.41) is 0.115. The Morgan fingerprint density at radius 3 is 2.48 bits per heavy atom. The molecule has 4 rings (SSSR count). The lowest BCUT2D eigenvalue weighted by Crippen LogP contribution is -2.37. The second-order valence-corrected chi connectivity index (χ2v) is 9.08. The summed E-state index contributed by atoms with van der Waals surface area (Å²) in [5.74, 6) is -2.98. The van der Waals surface area contributed by atoms with E-state index in [1.807, 2.05) is 0 Å². The number of hydrogen-bond donors (Lipinski definition) is 0. The van der Waals surface area contributed by atoms with Crippen molar-refractivity contribution >= 4 is 32.7 Å². The normalized spacial score (nSPS) is 22.4. The van der Waals surface area contributed by atoms with Crippen LogP contribution >= 0.6 is 11.6 Å². The van der Waals surface area contributed by atoms with Gasteiger partial charge in [-0.25, -0.2) is 31.1 Å². The van der Waals surface area contributed by atoms with Gasteiger partial charge in [-0.1, -0.05) is 29.8 Å². The Bertz CT molecular complexity index is 1130. The molecule has 0 N–H and O–H groups in total. The van der Waals surface area contributed by atoms with Crippen molar-refractivity contribution in [2.75, 3.05) is 0 Å². The Balaban J connectivity index is 2.05. The number of halogens is 3. The maximum absolute atomic E-state index is 14.7. The molecule has 0 bridgehead atoms. The number of nitrogens with zero attached hydrogens (tertiary/aromatic N) is 3. The van der Waals surface area contributed by atoms with Crippen LogP contribution in [0.5, 0.6) is 0 Å². The summed E-state index contributed by atoms with van der Waals surface area (Å²) in [6, 6.07) is 7.75. The van der Waals surface area contributed by atoms with Crippen molar-refractivity contribution in [1.82, 2.24) is 13.9 Å². The van der Waals surface area contributed by atoms with Gasteiger partial charge in [0.05, 0.1) is 15.7 Å².